The Labute approximate surface area is 145 Å². The van der Waals surface area contributed by atoms with Crippen molar-refractivity contribution in [1.29, 1.82) is 0 Å². The highest BCUT2D eigenvalue weighted by Gasteiger charge is 2.13. The molecular formula is C21H16FN3. The Morgan fingerprint density at radius 1 is 0.880 bits per heavy atom. The number of halogens is 1. The molecule has 4 heteroatoms. The molecule has 4 aromatic rings. The lowest BCUT2D eigenvalue weighted by Gasteiger charge is -2.10. The number of benzene rings is 2. The molecule has 0 aliphatic rings. The monoisotopic (exact) mass is 329 g/mol. The Hall–Kier alpha value is -3.14. The van der Waals surface area contributed by atoms with E-state index >= 15 is 0 Å². The summed E-state index contributed by atoms with van der Waals surface area (Å²) in [7, 11) is 0. The molecule has 0 N–H and O–H groups in total. The molecule has 3 nitrogen and oxygen atoms in total. The van der Waals surface area contributed by atoms with Gasteiger partial charge in [-0.1, -0.05) is 35.9 Å². The number of aromatic nitrogens is 3. The van der Waals surface area contributed by atoms with Crippen molar-refractivity contribution in [1.82, 2.24) is 15.0 Å². The minimum absolute atomic E-state index is 0.280. The second-order valence-corrected chi connectivity index (χ2v) is 6.10. The molecule has 0 aliphatic heterocycles. The number of fused-ring (bicyclic) bond motifs is 1. The number of para-hydroxylation sites is 1. The van der Waals surface area contributed by atoms with Gasteiger partial charge in [0.2, 0.25) is 0 Å². The minimum Gasteiger partial charge on any atom is -0.244 e. The van der Waals surface area contributed by atoms with Crippen LogP contribution >= 0.6 is 0 Å². The molecule has 0 amide bonds. The van der Waals surface area contributed by atoms with E-state index in [-0.39, 0.29) is 5.82 Å². The number of pyridine rings is 1. The summed E-state index contributed by atoms with van der Waals surface area (Å²) in [5, 5.41) is 0.975. The van der Waals surface area contributed by atoms with E-state index in [2.05, 4.69) is 15.0 Å². The average molecular weight is 329 g/mol. The van der Waals surface area contributed by atoms with Gasteiger partial charge in [-0.05, 0) is 43.7 Å². The Balaban J connectivity index is 1.87. The van der Waals surface area contributed by atoms with E-state index in [0.717, 1.165) is 22.0 Å². The fraction of sp³-hybridized carbons (Fsp3) is 0.0952. The standard InChI is InChI=1S/C21H16FN3/c1-13-7-9-17(22)16(11-13)20-14(2)8-10-19(24-20)21-23-12-15-5-3-4-6-18(15)25-21/h3-12H,1-2H3. The molecule has 0 aliphatic carbocycles. The zero-order valence-corrected chi connectivity index (χ0v) is 14.0. The molecule has 0 saturated heterocycles. The third-order valence-corrected chi connectivity index (χ3v) is 4.19. The van der Waals surface area contributed by atoms with Gasteiger partial charge in [0.1, 0.15) is 11.5 Å². The van der Waals surface area contributed by atoms with Crippen LogP contribution in [0.2, 0.25) is 0 Å². The van der Waals surface area contributed by atoms with Gasteiger partial charge in [0.25, 0.3) is 0 Å². The molecule has 2 heterocycles. The summed E-state index contributed by atoms with van der Waals surface area (Å²) in [6, 6.07) is 16.6. The minimum atomic E-state index is -0.280. The highest BCUT2D eigenvalue weighted by atomic mass is 19.1. The van der Waals surface area contributed by atoms with Crippen molar-refractivity contribution in [3.05, 3.63) is 77.7 Å². The first-order valence-corrected chi connectivity index (χ1v) is 8.08. The Bertz CT molecular complexity index is 1090. The lowest BCUT2D eigenvalue weighted by atomic mass is 10.0. The van der Waals surface area contributed by atoms with E-state index in [1.54, 1.807) is 12.3 Å². The number of rotatable bonds is 2. The van der Waals surface area contributed by atoms with Crippen molar-refractivity contribution in [3.63, 3.8) is 0 Å². The molecule has 0 fully saturated rings. The number of nitrogens with zero attached hydrogens (tertiary/aromatic N) is 3. The van der Waals surface area contributed by atoms with Crippen molar-refractivity contribution >= 4 is 10.9 Å². The molecular weight excluding hydrogens is 313 g/mol. The van der Waals surface area contributed by atoms with Gasteiger partial charge < -0.3 is 0 Å². The quantitative estimate of drug-likeness (QED) is 0.512. The number of aryl methyl sites for hydroxylation is 2. The topological polar surface area (TPSA) is 38.7 Å². The first-order valence-electron chi connectivity index (χ1n) is 8.08. The summed E-state index contributed by atoms with van der Waals surface area (Å²) in [5.74, 6) is 0.255. The highest BCUT2D eigenvalue weighted by molar-refractivity contribution is 5.79. The zero-order valence-electron chi connectivity index (χ0n) is 14.0. The van der Waals surface area contributed by atoms with Crippen LogP contribution < -0.4 is 0 Å². The first kappa shape index (κ1) is 15.4. The lowest BCUT2D eigenvalue weighted by molar-refractivity contribution is 0.630. The predicted octanol–water partition coefficient (Wildman–Crippen LogP) is 5.11. The van der Waals surface area contributed by atoms with Crippen LogP contribution in [0.25, 0.3) is 33.7 Å². The zero-order chi connectivity index (χ0) is 17.4. The Morgan fingerprint density at radius 3 is 2.60 bits per heavy atom. The summed E-state index contributed by atoms with van der Waals surface area (Å²) in [4.78, 5) is 13.7. The van der Waals surface area contributed by atoms with Crippen LogP contribution in [0.4, 0.5) is 4.39 Å². The molecule has 25 heavy (non-hydrogen) atoms. The van der Waals surface area contributed by atoms with Crippen LogP contribution in [0, 0.1) is 19.7 Å². The van der Waals surface area contributed by atoms with Gasteiger partial charge in [-0.15, -0.1) is 0 Å². The van der Waals surface area contributed by atoms with Crippen molar-refractivity contribution < 1.29 is 4.39 Å². The SMILES string of the molecule is Cc1ccc(F)c(-c2nc(-c3ncc4ccccc4n3)ccc2C)c1. The van der Waals surface area contributed by atoms with Gasteiger partial charge in [0.05, 0.1) is 11.2 Å². The van der Waals surface area contributed by atoms with E-state index in [1.807, 2.05) is 56.3 Å². The van der Waals surface area contributed by atoms with E-state index < -0.39 is 0 Å². The first-order chi connectivity index (χ1) is 12.1. The highest BCUT2D eigenvalue weighted by Crippen LogP contribution is 2.28. The van der Waals surface area contributed by atoms with Gasteiger partial charge in [-0.25, -0.2) is 19.3 Å². The summed E-state index contributed by atoms with van der Waals surface area (Å²) < 4.78 is 14.3. The molecule has 2 aromatic carbocycles. The van der Waals surface area contributed by atoms with Crippen LogP contribution in [0.3, 0.4) is 0 Å². The predicted molar refractivity (Wildman–Crippen MR) is 97.6 cm³/mol. The fourth-order valence-electron chi connectivity index (χ4n) is 2.84. The van der Waals surface area contributed by atoms with Crippen LogP contribution in [0.1, 0.15) is 11.1 Å². The fourth-order valence-corrected chi connectivity index (χ4v) is 2.84. The number of hydrogen-bond acceptors (Lipinski definition) is 3. The van der Waals surface area contributed by atoms with Gasteiger partial charge in [-0.2, -0.15) is 0 Å². The molecule has 2 aromatic heterocycles. The van der Waals surface area contributed by atoms with E-state index in [0.29, 0.717) is 22.8 Å². The maximum atomic E-state index is 14.3. The van der Waals surface area contributed by atoms with Crippen LogP contribution in [-0.2, 0) is 0 Å². The molecule has 122 valence electrons. The van der Waals surface area contributed by atoms with Crippen molar-refractivity contribution in [3.8, 4) is 22.8 Å². The smallest absolute Gasteiger partial charge is 0.178 e. The largest absolute Gasteiger partial charge is 0.244 e. The van der Waals surface area contributed by atoms with Crippen molar-refractivity contribution in [2.24, 2.45) is 0 Å². The molecule has 0 saturated carbocycles. The molecule has 4 rings (SSSR count). The van der Waals surface area contributed by atoms with Crippen molar-refractivity contribution in [2.45, 2.75) is 13.8 Å². The summed E-state index contributed by atoms with van der Waals surface area (Å²) >= 11 is 0. The summed E-state index contributed by atoms with van der Waals surface area (Å²) in [6.07, 6.45) is 1.78. The van der Waals surface area contributed by atoms with Gasteiger partial charge in [0.15, 0.2) is 5.82 Å². The van der Waals surface area contributed by atoms with E-state index in [4.69, 9.17) is 0 Å². The third kappa shape index (κ3) is 2.87. The van der Waals surface area contributed by atoms with E-state index in [1.165, 1.54) is 6.07 Å². The second kappa shape index (κ2) is 6.06. The van der Waals surface area contributed by atoms with Crippen LogP contribution in [0.5, 0.6) is 0 Å². The maximum absolute atomic E-state index is 14.3. The lowest BCUT2D eigenvalue weighted by Crippen LogP contribution is -1.97. The van der Waals surface area contributed by atoms with Gasteiger partial charge >= 0.3 is 0 Å². The maximum Gasteiger partial charge on any atom is 0.178 e. The molecule has 0 spiro atoms. The van der Waals surface area contributed by atoms with Crippen molar-refractivity contribution in [2.75, 3.05) is 0 Å². The molecule has 0 unspecified atom stereocenters. The molecule has 0 radical (unpaired) electrons. The molecule has 0 bridgehead atoms. The summed E-state index contributed by atoms with van der Waals surface area (Å²) in [6.45, 7) is 3.86. The van der Waals surface area contributed by atoms with Crippen LogP contribution in [0.15, 0.2) is 60.8 Å². The second-order valence-electron chi connectivity index (χ2n) is 6.10. The normalized spacial score (nSPS) is 11.0. The van der Waals surface area contributed by atoms with E-state index in [9.17, 15) is 4.39 Å². The Morgan fingerprint density at radius 2 is 1.72 bits per heavy atom. The average Bonchev–Trinajstić information content (AvgIpc) is 2.64. The van der Waals surface area contributed by atoms with Gasteiger partial charge in [-0.3, -0.25) is 0 Å². The van der Waals surface area contributed by atoms with Crippen LogP contribution in [-0.4, -0.2) is 15.0 Å². The Kier molecular flexibility index (Phi) is 3.73. The van der Waals surface area contributed by atoms with Gasteiger partial charge in [0, 0.05) is 17.1 Å². The molecule has 0 atom stereocenters. The number of hydrogen-bond donors (Lipinski definition) is 0. The summed E-state index contributed by atoms with van der Waals surface area (Å²) in [5.41, 5.74) is 4.51. The third-order valence-electron chi connectivity index (χ3n) is 4.19.